The van der Waals surface area contributed by atoms with Crippen LogP contribution in [0.4, 0.5) is 49.4 Å². The Labute approximate surface area is 704 Å². The summed E-state index contributed by atoms with van der Waals surface area (Å²) >= 11 is 9.79. The Morgan fingerprint density at radius 3 is 0.967 bits per heavy atom. The van der Waals surface area contributed by atoms with Crippen LogP contribution in [0.2, 0.25) is 5.15 Å². The van der Waals surface area contributed by atoms with Crippen LogP contribution in [-0.2, 0) is 33.6 Å². The largest absolute Gasteiger partial charge is 0.481 e. The van der Waals surface area contributed by atoms with Gasteiger partial charge in [-0.1, -0.05) is 202 Å². The molecule has 0 amide bonds. The summed E-state index contributed by atoms with van der Waals surface area (Å²) in [6.45, 7) is 31.7. The maximum Gasteiger partial charge on any atom is 0.319 e. The fourth-order valence-electron chi connectivity index (χ4n) is 22.7. The Hall–Kier alpha value is -10.5. The molecule has 21 rings (SSSR count). The molecule has 18 atom stereocenters. The van der Waals surface area contributed by atoms with E-state index in [4.69, 9.17) is 66.3 Å². The molecule has 9 aromatic rings. The number of halogens is 8. The van der Waals surface area contributed by atoms with Gasteiger partial charge in [-0.3, -0.25) is 14.7 Å². The van der Waals surface area contributed by atoms with Gasteiger partial charge in [0.05, 0.1) is 75.0 Å². The number of rotatable bonds is 15. The molecule has 3 saturated heterocycles. The molecule has 121 heavy (non-hydrogen) atoms. The first-order valence-electron chi connectivity index (χ1n) is 39.7. The first-order valence-corrected chi connectivity index (χ1v) is 40.8. The highest BCUT2D eigenvalue weighted by Crippen LogP contribution is 2.76. The molecule has 3 spiro atoms. The van der Waals surface area contributed by atoms with Gasteiger partial charge in [-0.2, -0.15) is 0 Å². The van der Waals surface area contributed by atoms with Gasteiger partial charge in [-0.05, 0) is 64.8 Å². The summed E-state index contributed by atoms with van der Waals surface area (Å²) in [6.07, 6.45) is -3.85. The molecule has 0 radical (unpaired) electrons. The molecule has 6 aromatic carbocycles. The summed E-state index contributed by atoms with van der Waals surface area (Å²) in [5.41, 5.74) is -9.72. The van der Waals surface area contributed by atoms with E-state index in [1.54, 1.807) is 63.2 Å². The molecular formula is C91H78BrClF6N10O12. The lowest BCUT2D eigenvalue weighted by molar-refractivity contribution is -0.153. The second-order valence-electron chi connectivity index (χ2n) is 33.7. The van der Waals surface area contributed by atoms with E-state index in [0.717, 1.165) is 21.2 Å². The lowest BCUT2D eigenvalue weighted by atomic mass is 9.70. The number of methoxy groups -OCH3 is 3. The molecule has 30 heteroatoms. The topological polar surface area (TPSA) is 243 Å². The highest BCUT2D eigenvalue weighted by Gasteiger charge is 2.85. The normalized spacial score (nSPS) is 34.6. The van der Waals surface area contributed by atoms with E-state index in [1.807, 2.05) is 115 Å². The minimum absolute atomic E-state index is 0.0107. The number of likely N-dealkylation sites (tertiary alicyclic amines) is 3. The number of pyridine rings is 3. The first-order chi connectivity index (χ1) is 57.9. The molecule has 620 valence electrons. The molecule has 9 heterocycles. The third-order valence-electron chi connectivity index (χ3n) is 28.7. The second-order valence-corrected chi connectivity index (χ2v) is 35.0. The van der Waals surface area contributed by atoms with Crippen molar-refractivity contribution in [3.63, 3.8) is 0 Å². The van der Waals surface area contributed by atoms with E-state index in [-0.39, 0.29) is 107 Å². The third-order valence-corrected chi connectivity index (χ3v) is 29.4. The molecule has 6 aliphatic carbocycles. The Balaban J connectivity index is 0.000000120. The average molecular weight is 1730 g/mol. The van der Waals surface area contributed by atoms with E-state index in [1.165, 1.54) is 39.5 Å². The lowest BCUT2D eigenvalue weighted by Gasteiger charge is -2.45. The summed E-state index contributed by atoms with van der Waals surface area (Å²) in [7, 11) is 4.13. The predicted molar refractivity (Wildman–Crippen MR) is 430 cm³/mol. The number of ether oxygens (including phenoxy) is 6. The van der Waals surface area contributed by atoms with Crippen molar-refractivity contribution in [3.05, 3.63) is 287 Å². The van der Waals surface area contributed by atoms with E-state index in [0.29, 0.717) is 67.0 Å². The van der Waals surface area contributed by atoms with Crippen molar-refractivity contribution >= 4 is 50.5 Å². The predicted octanol–water partition coefficient (Wildman–Crippen LogP) is 15.1. The van der Waals surface area contributed by atoms with Gasteiger partial charge >= 0.3 is 11.8 Å². The van der Waals surface area contributed by atoms with Crippen LogP contribution in [0.1, 0.15) is 106 Å². The zero-order chi connectivity index (χ0) is 84.9. The molecule has 12 aliphatic rings. The van der Waals surface area contributed by atoms with Crippen LogP contribution in [-0.4, -0.2) is 174 Å². The molecular weight excluding hydrogens is 1650 g/mol. The first kappa shape index (κ1) is 80.3. The Morgan fingerprint density at radius 1 is 0.430 bits per heavy atom. The van der Waals surface area contributed by atoms with Crippen LogP contribution in [0.25, 0.3) is 19.4 Å². The Morgan fingerprint density at radius 2 is 0.711 bits per heavy atom. The number of aliphatic hydroxyl groups excluding tert-OH is 3. The van der Waals surface area contributed by atoms with Crippen molar-refractivity contribution < 1.29 is 85.4 Å². The van der Waals surface area contributed by atoms with Crippen LogP contribution in [0.15, 0.2) is 186 Å². The van der Waals surface area contributed by atoms with Gasteiger partial charge in [0.1, 0.15) is 33.5 Å². The SMILES string of the molecule is COc1nc(Cl)cc2c1[C@]1(O)[C@H](O)[C@H](CN3CCC34CC4(F)F)[C@@H](c3ccccc3)[C@]1(c1ccc(Br)cc1)O2.[C-]#[N+]c1ccc([C@@]23Oc4cc([N+]#[C-])nc(OC)c4[C@]2(O)[C@H](O)[C@H](CN2CCC24CC4(F)F)[C@H]3c2ccccc2)cc1.[C-]#[N+]c1ccc([C@@]23Oc4cc([N+]#[C-])nc(OC)c4[C@]2(O)[C@H](O)[C@H](CN2CCC24CC4(F)F)[C@H]3c2ccccc2)cc1. The van der Waals surface area contributed by atoms with Crippen molar-refractivity contribution in [2.75, 3.05) is 60.6 Å². The summed E-state index contributed by atoms with van der Waals surface area (Å²) in [4.78, 5) is 31.9. The maximum absolute atomic E-state index is 14.5. The fraction of sp³-hybridized carbons (Fsp3) is 0.396. The Bertz CT molecular complexity index is 5620. The van der Waals surface area contributed by atoms with Gasteiger partial charge in [0.15, 0.2) is 45.0 Å². The minimum atomic E-state index is -2.79. The molecule has 6 N–H and O–H groups in total. The summed E-state index contributed by atoms with van der Waals surface area (Å²) in [5, 5.41) is 75.4. The quantitative estimate of drug-likeness (QED) is 0.0317. The molecule has 9 fully saturated rings. The molecule has 6 saturated carbocycles. The molecule has 3 unspecified atom stereocenters. The minimum Gasteiger partial charge on any atom is -0.481 e. The number of nitrogens with zero attached hydrogens (tertiary/aromatic N) is 10. The van der Waals surface area contributed by atoms with Crippen LogP contribution in [0.3, 0.4) is 0 Å². The van der Waals surface area contributed by atoms with E-state index in [2.05, 4.69) is 50.3 Å². The van der Waals surface area contributed by atoms with Gasteiger partial charge in [-0.15, -0.1) is 0 Å². The molecule has 22 nitrogen and oxygen atoms in total. The smallest absolute Gasteiger partial charge is 0.319 e. The van der Waals surface area contributed by atoms with Gasteiger partial charge in [0, 0.05) is 117 Å². The Kier molecular flexibility index (Phi) is 18.4. The third kappa shape index (κ3) is 10.8. The number of benzene rings is 6. The fourth-order valence-corrected chi connectivity index (χ4v) is 23.1. The number of aromatic nitrogens is 3. The van der Waals surface area contributed by atoms with Crippen molar-refractivity contribution in [2.45, 2.75) is 143 Å². The number of fused-ring (bicyclic) bond motifs is 9. The zero-order valence-electron chi connectivity index (χ0n) is 65.1. The van der Waals surface area contributed by atoms with Gasteiger partial charge in [-0.25, -0.2) is 41.0 Å². The van der Waals surface area contributed by atoms with Crippen molar-refractivity contribution in [3.8, 4) is 34.9 Å². The second kappa shape index (κ2) is 27.8. The summed E-state index contributed by atoms with van der Waals surface area (Å²) in [5.74, 6) is -12.1. The number of alkyl halides is 6. The average Bonchev–Trinajstić information content (AvgIpc) is 1.49. The maximum atomic E-state index is 14.5. The summed E-state index contributed by atoms with van der Waals surface area (Å²) in [6, 6.07) is 52.9. The lowest BCUT2D eigenvalue weighted by Crippen LogP contribution is -2.56. The molecule has 6 aliphatic heterocycles. The van der Waals surface area contributed by atoms with Crippen LogP contribution >= 0.6 is 27.5 Å². The van der Waals surface area contributed by atoms with Crippen molar-refractivity contribution in [1.29, 1.82) is 0 Å². The van der Waals surface area contributed by atoms with Crippen LogP contribution in [0, 0.1) is 44.0 Å². The summed E-state index contributed by atoms with van der Waals surface area (Å²) < 4.78 is 125. The number of hydrogen-bond donors (Lipinski definition) is 6. The highest BCUT2D eigenvalue weighted by atomic mass is 79.9. The van der Waals surface area contributed by atoms with Crippen molar-refractivity contribution in [2.24, 2.45) is 17.8 Å². The van der Waals surface area contributed by atoms with Gasteiger partial charge in [0.25, 0.3) is 29.4 Å². The number of aliphatic hydroxyl groups is 6. The monoisotopic (exact) mass is 1730 g/mol. The van der Waals surface area contributed by atoms with Gasteiger partial charge < -0.3 is 68.8 Å². The molecule has 3 aromatic heterocycles. The molecule has 0 bridgehead atoms. The zero-order valence-corrected chi connectivity index (χ0v) is 67.5. The van der Waals surface area contributed by atoms with E-state index >= 15 is 0 Å². The van der Waals surface area contributed by atoms with Crippen molar-refractivity contribution in [1.82, 2.24) is 29.7 Å². The van der Waals surface area contributed by atoms with Crippen LogP contribution in [0.5, 0.6) is 34.9 Å². The highest BCUT2D eigenvalue weighted by molar-refractivity contribution is 9.10. The number of hydrogen-bond acceptors (Lipinski definition) is 18. The van der Waals surface area contributed by atoms with Gasteiger partial charge in [0.2, 0.25) is 5.88 Å². The van der Waals surface area contributed by atoms with E-state index in [9.17, 15) is 57.0 Å². The van der Waals surface area contributed by atoms with E-state index < -0.39 is 122 Å². The standard InChI is InChI=1S/2C31H26F2N4O4.C29H26BrClF2N2O4/c2*1-34-20-11-9-19(10-12-20)31-24(18-7-5-4-6-8-18)21(16-37-14-13-28(37)17-29(28,32)33)26(38)30(31,39)25-22(41-31)15-23(35-2)36-27(25)40-3;1-38-25-23-20(13-21(31)34-25)39-29(17-7-9-18(30)10-8-17)22(16-5-3-2-4-6-16)19(24(36)28(23,29)37)14-35-12-11-26(35)15-27(26,32)33/h2*4-12,15,21,24,26,38-39H,13-14,16-17H2,3H3;2-10,13,19,22,24,36-37H,11-12,14-15H2,1H3/t2*21-,24-,26-,28?,30+,31+;19-,22-,24-,26?,28+,29+/m111/s1. The van der Waals surface area contributed by atoms with Crippen LogP contribution < -0.4 is 28.4 Å².